The summed E-state index contributed by atoms with van der Waals surface area (Å²) in [6.45, 7) is 2.95. The van der Waals surface area contributed by atoms with Crippen LogP contribution in [0.4, 0.5) is 0 Å². The lowest BCUT2D eigenvalue weighted by atomic mass is 9.98. The molecule has 1 aromatic carbocycles. The zero-order valence-corrected chi connectivity index (χ0v) is 12.6. The standard InChI is InChI=1S/C17H23N3O/c1-21-11-8-13-2-4-14(5-3-13)16-12-19-17(20-16)15-6-9-18-10-7-15/h2-5,12,15,18H,6-11H2,1H3,(H,19,20). The Labute approximate surface area is 125 Å². The van der Waals surface area contributed by atoms with Gasteiger partial charge in [-0.25, -0.2) is 4.98 Å². The van der Waals surface area contributed by atoms with E-state index in [1.807, 2.05) is 6.20 Å². The zero-order chi connectivity index (χ0) is 14.5. The van der Waals surface area contributed by atoms with Gasteiger partial charge >= 0.3 is 0 Å². The molecule has 2 heterocycles. The van der Waals surface area contributed by atoms with Crippen molar-refractivity contribution in [3.8, 4) is 11.3 Å². The van der Waals surface area contributed by atoms with E-state index in [2.05, 4.69) is 39.6 Å². The van der Waals surface area contributed by atoms with Gasteiger partial charge in [-0.15, -0.1) is 0 Å². The molecule has 0 amide bonds. The predicted molar refractivity (Wildman–Crippen MR) is 84.4 cm³/mol. The Morgan fingerprint density at radius 1 is 1.19 bits per heavy atom. The maximum atomic E-state index is 5.11. The number of rotatable bonds is 5. The van der Waals surface area contributed by atoms with E-state index in [4.69, 9.17) is 4.74 Å². The molecule has 3 rings (SSSR count). The Bertz CT molecular complexity index is 556. The van der Waals surface area contributed by atoms with Crippen molar-refractivity contribution in [1.82, 2.24) is 15.3 Å². The van der Waals surface area contributed by atoms with Gasteiger partial charge in [0, 0.05) is 13.0 Å². The Kier molecular flexibility index (Phi) is 4.68. The zero-order valence-electron chi connectivity index (χ0n) is 12.6. The van der Waals surface area contributed by atoms with Crippen LogP contribution >= 0.6 is 0 Å². The highest BCUT2D eigenvalue weighted by Gasteiger charge is 2.18. The Morgan fingerprint density at radius 2 is 1.95 bits per heavy atom. The average Bonchev–Trinajstić information content (AvgIpc) is 3.04. The third-order valence-electron chi connectivity index (χ3n) is 4.18. The molecule has 21 heavy (non-hydrogen) atoms. The molecule has 2 N–H and O–H groups in total. The van der Waals surface area contributed by atoms with Gasteiger partial charge in [0.05, 0.1) is 18.5 Å². The van der Waals surface area contributed by atoms with Crippen molar-refractivity contribution in [2.24, 2.45) is 0 Å². The molecule has 1 saturated heterocycles. The highest BCUT2D eigenvalue weighted by molar-refractivity contribution is 5.58. The largest absolute Gasteiger partial charge is 0.384 e. The Balaban J connectivity index is 1.70. The molecule has 0 bridgehead atoms. The summed E-state index contributed by atoms with van der Waals surface area (Å²) < 4.78 is 5.11. The first kappa shape index (κ1) is 14.3. The smallest absolute Gasteiger partial charge is 0.109 e. The molecule has 0 unspecified atom stereocenters. The van der Waals surface area contributed by atoms with Crippen LogP contribution in [0.3, 0.4) is 0 Å². The second kappa shape index (κ2) is 6.87. The summed E-state index contributed by atoms with van der Waals surface area (Å²) in [4.78, 5) is 8.08. The van der Waals surface area contributed by atoms with Crippen LogP contribution < -0.4 is 5.32 Å². The SMILES string of the molecule is COCCc1ccc(-c2cnc(C3CCNCC3)[nH]2)cc1. The third-order valence-corrected chi connectivity index (χ3v) is 4.18. The Hall–Kier alpha value is -1.65. The summed E-state index contributed by atoms with van der Waals surface area (Å²) in [6, 6.07) is 8.65. The van der Waals surface area contributed by atoms with Crippen molar-refractivity contribution in [1.29, 1.82) is 0 Å². The lowest BCUT2D eigenvalue weighted by molar-refractivity contribution is 0.202. The third kappa shape index (κ3) is 3.52. The number of H-pyrrole nitrogens is 1. The van der Waals surface area contributed by atoms with Crippen LogP contribution in [-0.4, -0.2) is 36.8 Å². The van der Waals surface area contributed by atoms with Crippen molar-refractivity contribution in [2.75, 3.05) is 26.8 Å². The number of hydrogen-bond acceptors (Lipinski definition) is 3. The number of hydrogen-bond donors (Lipinski definition) is 2. The summed E-state index contributed by atoms with van der Waals surface area (Å²) >= 11 is 0. The minimum Gasteiger partial charge on any atom is -0.384 e. The number of methoxy groups -OCH3 is 1. The van der Waals surface area contributed by atoms with E-state index >= 15 is 0 Å². The highest BCUT2D eigenvalue weighted by Crippen LogP contribution is 2.25. The summed E-state index contributed by atoms with van der Waals surface area (Å²) in [5.74, 6) is 1.70. The molecule has 4 nitrogen and oxygen atoms in total. The second-order valence-electron chi connectivity index (χ2n) is 5.65. The minimum absolute atomic E-state index is 0.570. The van der Waals surface area contributed by atoms with E-state index in [0.717, 1.165) is 37.6 Å². The molecular formula is C17H23N3O. The van der Waals surface area contributed by atoms with Gasteiger partial charge in [-0.3, -0.25) is 0 Å². The van der Waals surface area contributed by atoms with E-state index in [1.54, 1.807) is 7.11 Å². The fourth-order valence-electron chi connectivity index (χ4n) is 2.86. The molecule has 1 fully saturated rings. The molecule has 4 heteroatoms. The first-order valence-electron chi connectivity index (χ1n) is 7.70. The van der Waals surface area contributed by atoms with Crippen LogP contribution in [0.15, 0.2) is 30.5 Å². The molecule has 0 spiro atoms. The number of benzene rings is 1. The second-order valence-corrected chi connectivity index (χ2v) is 5.65. The van der Waals surface area contributed by atoms with Gasteiger partial charge in [0.2, 0.25) is 0 Å². The molecule has 0 atom stereocenters. The lowest BCUT2D eigenvalue weighted by Crippen LogP contribution is -2.27. The lowest BCUT2D eigenvalue weighted by Gasteiger charge is -2.20. The van der Waals surface area contributed by atoms with E-state index < -0.39 is 0 Å². The van der Waals surface area contributed by atoms with Gasteiger partial charge in [0.1, 0.15) is 5.82 Å². The van der Waals surface area contributed by atoms with E-state index in [-0.39, 0.29) is 0 Å². The molecule has 0 aliphatic carbocycles. The van der Waals surface area contributed by atoms with E-state index in [9.17, 15) is 0 Å². The topological polar surface area (TPSA) is 49.9 Å². The van der Waals surface area contributed by atoms with Gasteiger partial charge in [-0.2, -0.15) is 0 Å². The van der Waals surface area contributed by atoms with Crippen LogP contribution in [0.1, 0.15) is 30.1 Å². The number of imidazole rings is 1. The van der Waals surface area contributed by atoms with Crippen LogP contribution in [0.5, 0.6) is 0 Å². The summed E-state index contributed by atoms with van der Waals surface area (Å²) in [6.07, 6.45) is 5.26. The fourth-order valence-corrected chi connectivity index (χ4v) is 2.86. The number of nitrogens with zero attached hydrogens (tertiary/aromatic N) is 1. The number of ether oxygens (including phenoxy) is 1. The van der Waals surface area contributed by atoms with Crippen LogP contribution in [0.25, 0.3) is 11.3 Å². The van der Waals surface area contributed by atoms with Crippen molar-refractivity contribution >= 4 is 0 Å². The molecule has 112 valence electrons. The van der Waals surface area contributed by atoms with Crippen molar-refractivity contribution in [3.63, 3.8) is 0 Å². The molecule has 2 aromatic rings. The number of nitrogens with one attached hydrogen (secondary N) is 2. The minimum atomic E-state index is 0.570. The molecule has 1 aliphatic rings. The number of piperidine rings is 1. The molecule has 1 aliphatic heterocycles. The van der Waals surface area contributed by atoms with E-state index in [1.165, 1.54) is 24.0 Å². The van der Waals surface area contributed by atoms with Crippen molar-refractivity contribution in [3.05, 3.63) is 41.9 Å². The summed E-state index contributed by atoms with van der Waals surface area (Å²) in [5.41, 5.74) is 3.62. The van der Waals surface area contributed by atoms with Crippen LogP contribution in [-0.2, 0) is 11.2 Å². The van der Waals surface area contributed by atoms with E-state index in [0.29, 0.717) is 5.92 Å². The normalized spacial score (nSPS) is 16.2. The van der Waals surface area contributed by atoms with Gasteiger partial charge in [0.25, 0.3) is 0 Å². The fraction of sp³-hybridized carbons (Fsp3) is 0.471. The maximum Gasteiger partial charge on any atom is 0.109 e. The maximum absolute atomic E-state index is 5.11. The monoisotopic (exact) mass is 285 g/mol. The molecule has 0 saturated carbocycles. The highest BCUT2D eigenvalue weighted by atomic mass is 16.5. The number of aromatic nitrogens is 2. The van der Waals surface area contributed by atoms with Gasteiger partial charge in [0.15, 0.2) is 0 Å². The average molecular weight is 285 g/mol. The van der Waals surface area contributed by atoms with Gasteiger partial charge < -0.3 is 15.0 Å². The van der Waals surface area contributed by atoms with Crippen LogP contribution in [0.2, 0.25) is 0 Å². The predicted octanol–water partition coefficient (Wildman–Crippen LogP) is 2.73. The summed E-state index contributed by atoms with van der Waals surface area (Å²) in [7, 11) is 1.74. The molecule has 1 aromatic heterocycles. The van der Waals surface area contributed by atoms with Crippen molar-refractivity contribution in [2.45, 2.75) is 25.2 Å². The van der Waals surface area contributed by atoms with Gasteiger partial charge in [-0.05, 0) is 43.5 Å². The van der Waals surface area contributed by atoms with Crippen molar-refractivity contribution < 1.29 is 4.74 Å². The summed E-state index contributed by atoms with van der Waals surface area (Å²) in [5, 5.41) is 3.39. The Morgan fingerprint density at radius 3 is 2.67 bits per heavy atom. The quantitative estimate of drug-likeness (QED) is 0.888. The van der Waals surface area contributed by atoms with Gasteiger partial charge in [-0.1, -0.05) is 24.3 Å². The first-order chi connectivity index (χ1) is 10.4. The molecular weight excluding hydrogens is 262 g/mol. The molecule has 0 radical (unpaired) electrons. The van der Waals surface area contributed by atoms with Crippen LogP contribution in [0, 0.1) is 0 Å². The number of aromatic amines is 1. The first-order valence-corrected chi connectivity index (χ1v) is 7.70.